The van der Waals surface area contributed by atoms with Gasteiger partial charge in [-0.2, -0.15) is 0 Å². The summed E-state index contributed by atoms with van der Waals surface area (Å²) in [5.41, 5.74) is 2.78. The van der Waals surface area contributed by atoms with Crippen LogP contribution < -0.4 is 14.8 Å². The monoisotopic (exact) mass is 346 g/mol. The number of rotatable bonds is 5. The molecule has 5 nitrogen and oxygen atoms in total. The van der Waals surface area contributed by atoms with E-state index in [9.17, 15) is 8.42 Å². The van der Waals surface area contributed by atoms with Gasteiger partial charge in [-0.25, -0.2) is 13.1 Å². The topological polar surface area (TPSA) is 67.4 Å². The predicted octanol–water partition coefficient (Wildman–Crippen LogP) is 1.93. The van der Waals surface area contributed by atoms with Crippen LogP contribution in [0.3, 0.4) is 0 Å². The molecule has 0 bridgehead atoms. The summed E-state index contributed by atoms with van der Waals surface area (Å²) in [4.78, 5) is 0.227. The molecule has 1 aliphatic rings. The van der Waals surface area contributed by atoms with Crippen molar-refractivity contribution in [3.8, 4) is 5.75 Å². The van der Waals surface area contributed by atoms with Crippen LogP contribution in [0.4, 0.5) is 0 Å². The number of ether oxygens (including phenoxy) is 1. The van der Waals surface area contributed by atoms with E-state index in [1.54, 1.807) is 13.0 Å². The van der Waals surface area contributed by atoms with E-state index in [4.69, 9.17) is 4.74 Å². The molecular weight excluding hydrogens is 324 g/mol. The maximum Gasteiger partial charge on any atom is 0.244 e. The van der Waals surface area contributed by atoms with E-state index >= 15 is 0 Å². The van der Waals surface area contributed by atoms with Gasteiger partial charge in [0.05, 0.1) is 7.11 Å². The first-order valence-corrected chi connectivity index (χ1v) is 8.46. The highest BCUT2D eigenvalue weighted by atomic mass is 35.5. The molecule has 0 saturated carbocycles. The molecule has 0 amide bonds. The van der Waals surface area contributed by atoms with Gasteiger partial charge in [-0.05, 0) is 44.0 Å². The van der Waals surface area contributed by atoms with Crippen molar-refractivity contribution in [2.24, 2.45) is 0 Å². The molecule has 7 heteroatoms. The summed E-state index contributed by atoms with van der Waals surface area (Å²) >= 11 is 0. The van der Waals surface area contributed by atoms with E-state index in [0.717, 1.165) is 30.6 Å². The lowest BCUT2D eigenvalue weighted by molar-refractivity contribution is 0.401. The van der Waals surface area contributed by atoms with Crippen molar-refractivity contribution in [1.82, 2.24) is 10.0 Å². The third kappa shape index (κ3) is 4.46. The molecule has 2 rings (SSSR count). The van der Waals surface area contributed by atoms with Gasteiger partial charge in [0.25, 0.3) is 0 Å². The molecule has 0 fully saturated rings. The summed E-state index contributed by atoms with van der Waals surface area (Å²) in [6, 6.07) is 3.59. The molecule has 22 heavy (non-hydrogen) atoms. The Morgan fingerprint density at radius 1 is 1.32 bits per heavy atom. The standard InChI is InChI=1S/C15H22N2O3S.ClH/c1-11-8-12(2)15(14(9-11)20-3)21(18,19)17-10-13-4-6-16-7-5-13;/h4,8-9,16-17H,5-7,10H2,1-3H3;1H. The van der Waals surface area contributed by atoms with Gasteiger partial charge in [-0.1, -0.05) is 17.7 Å². The first-order chi connectivity index (χ1) is 9.94. The van der Waals surface area contributed by atoms with Crippen molar-refractivity contribution in [3.63, 3.8) is 0 Å². The lowest BCUT2D eigenvalue weighted by atomic mass is 10.1. The molecule has 1 aliphatic heterocycles. The molecule has 1 heterocycles. The Morgan fingerprint density at radius 3 is 2.64 bits per heavy atom. The second-order valence-corrected chi connectivity index (χ2v) is 6.96. The largest absolute Gasteiger partial charge is 0.495 e. The van der Waals surface area contributed by atoms with Gasteiger partial charge in [0.15, 0.2) is 0 Å². The van der Waals surface area contributed by atoms with Crippen LogP contribution >= 0.6 is 12.4 Å². The lowest BCUT2D eigenvalue weighted by Crippen LogP contribution is -2.30. The molecular formula is C15H23ClN2O3S. The van der Waals surface area contributed by atoms with Crippen molar-refractivity contribution in [1.29, 1.82) is 0 Å². The number of sulfonamides is 1. The second-order valence-electron chi connectivity index (χ2n) is 5.25. The normalized spacial score (nSPS) is 15.0. The fourth-order valence-electron chi connectivity index (χ4n) is 2.50. The highest BCUT2D eigenvalue weighted by Gasteiger charge is 2.22. The van der Waals surface area contributed by atoms with Gasteiger partial charge in [-0.15, -0.1) is 12.4 Å². The molecule has 0 radical (unpaired) electrons. The molecule has 0 aromatic heterocycles. The Bertz CT molecular complexity index is 657. The van der Waals surface area contributed by atoms with Crippen molar-refractivity contribution in [3.05, 3.63) is 34.9 Å². The fourth-order valence-corrected chi connectivity index (χ4v) is 3.91. The Morgan fingerprint density at radius 2 is 2.05 bits per heavy atom. The number of halogens is 1. The van der Waals surface area contributed by atoms with Crippen LogP contribution in [0, 0.1) is 13.8 Å². The Hall–Kier alpha value is -1.08. The van der Waals surface area contributed by atoms with Crippen LogP contribution in [0.5, 0.6) is 5.75 Å². The minimum Gasteiger partial charge on any atom is -0.495 e. The SMILES string of the molecule is COc1cc(C)cc(C)c1S(=O)(=O)NCC1=CCNCC1.Cl. The lowest BCUT2D eigenvalue weighted by Gasteiger charge is -2.17. The van der Waals surface area contributed by atoms with Crippen LogP contribution in [0.25, 0.3) is 0 Å². The molecule has 2 N–H and O–H groups in total. The maximum absolute atomic E-state index is 12.6. The quantitative estimate of drug-likeness (QED) is 0.799. The zero-order chi connectivity index (χ0) is 15.5. The molecule has 0 unspecified atom stereocenters. The predicted molar refractivity (Wildman–Crippen MR) is 90.5 cm³/mol. The van der Waals surface area contributed by atoms with Crippen LogP contribution in [0.1, 0.15) is 17.5 Å². The minimum absolute atomic E-state index is 0. The van der Waals surface area contributed by atoms with E-state index in [-0.39, 0.29) is 17.3 Å². The first kappa shape index (κ1) is 19.0. The molecule has 0 aliphatic carbocycles. The summed E-state index contributed by atoms with van der Waals surface area (Å²) in [5.74, 6) is 0.388. The summed E-state index contributed by atoms with van der Waals surface area (Å²) in [7, 11) is -2.10. The van der Waals surface area contributed by atoms with E-state index in [2.05, 4.69) is 10.0 Å². The minimum atomic E-state index is -3.59. The molecule has 0 saturated heterocycles. The molecule has 0 spiro atoms. The summed E-state index contributed by atoms with van der Waals surface area (Å²) in [6.45, 7) is 5.73. The molecule has 1 aromatic rings. The summed E-state index contributed by atoms with van der Waals surface area (Å²) < 4.78 is 33.0. The van der Waals surface area contributed by atoms with Crippen LogP contribution in [0.15, 0.2) is 28.7 Å². The average molecular weight is 347 g/mol. The van der Waals surface area contributed by atoms with Crippen LogP contribution in [-0.2, 0) is 10.0 Å². The van der Waals surface area contributed by atoms with Gasteiger partial charge in [-0.3, -0.25) is 0 Å². The first-order valence-electron chi connectivity index (χ1n) is 6.97. The van der Waals surface area contributed by atoms with Gasteiger partial charge in [0, 0.05) is 13.1 Å². The summed E-state index contributed by atoms with van der Waals surface area (Å²) in [6.07, 6.45) is 2.90. The number of hydrogen-bond acceptors (Lipinski definition) is 4. The summed E-state index contributed by atoms with van der Waals surface area (Å²) in [5, 5.41) is 3.20. The Kier molecular flexibility index (Phi) is 6.87. The van der Waals surface area contributed by atoms with Crippen LogP contribution in [0.2, 0.25) is 0 Å². The fraction of sp³-hybridized carbons (Fsp3) is 0.467. The van der Waals surface area contributed by atoms with Crippen molar-refractivity contribution in [2.75, 3.05) is 26.7 Å². The van der Waals surface area contributed by atoms with Crippen molar-refractivity contribution in [2.45, 2.75) is 25.2 Å². The second kappa shape index (κ2) is 7.97. The van der Waals surface area contributed by atoms with E-state index < -0.39 is 10.0 Å². The third-order valence-corrected chi connectivity index (χ3v) is 5.11. The Labute approximate surface area is 138 Å². The van der Waals surface area contributed by atoms with Gasteiger partial charge in [0.1, 0.15) is 10.6 Å². The highest BCUT2D eigenvalue weighted by Crippen LogP contribution is 2.28. The van der Waals surface area contributed by atoms with E-state index in [0.29, 0.717) is 17.9 Å². The maximum atomic E-state index is 12.6. The van der Waals surface area contributed by atoms with E-state index in [1.807, 2.05) is 19.1 Å². The van der Waals surface area contributed by atoms with Gasteiger partial charge < -0.3 is 10.1 Å². The highest BCUT2D eigenvalue weighted by molar-refractivity contribution is 7.89. The van der Waals surface area contributed by atoms with Crippen LogP contribution in [-0.4, -0.2) is 35.2 Å². The third-order valence-electron chi connectivity index (χ3n) is 3.52. The van der Waals surface area contributed by atoms with E-state index in [1.165, 1.54) is 7.11 Å². The zero-order valence-electron chi connectivity index (χ0n) is 13.1. The average Bonchev–Trinajstić information content (AvgIpc) is 2.45. The number of aryl methyl sites for hydroxylation is 2. The molecule has 1 aromatic carbocycles. The molecule has 124 valence electrons. The number of methoxy groups -OCH3 is 1. The zero-order valence-corrected chi connectivity index (χ0v) is 14.7. The number of benzene rings is 1. The Balaban J connectivity index is 0.00000242. The van der Waals surface area contributed by atoms with Gasteiger partial charge >= 0.3 is 0 Å². The smallest absolute Gasteiger partial charge is 0.244 e. The number of hydrogen-bond donors (Lipinski definition) is 2. The van der Waals surface area contributed by atoms with Crippen molar-refractivity contribution >= 4 is 22.4 Å². The molecule has 0 atom stereocenters. The van der Waals surface area contributed by atoms with Gasteiger partial charge in [0.2, 0.25) is 10.0 Å². The van der Waals surface area contributed by atoms with Crippen molar-refractivity contribution < 1.29 is 13.2 Å². The number of nitrogens with one attached hydrogen (secondary N) is 2.